The van der Waals surface area contributed by atoms with Gasteiger partial charge in [-0.15, -0.1) is 0 Å². The van der Waals surface area contributed by atoms with E-state index < -0.39 is 21.4 Å². The number of esters is 1. The van der Waals surface area contributed by atoms with Gasteiger partial charge in [-0.05, 0) is 79.0 Å². The van der Waals surface area contributed by atoms with Gasteiger partial charge in [0.15, 0.2) is 21.2 Å². The summed E-state index contributed by atoms with van der Waals surface area (Å²) in [7, 11) is -3.36. The Kier molecular flexibility index (Phi) is 5.37. The molecular formula is C26H27ClO5S. The third-order valence-electron chi connectivity index (χ3n) is 7.64. The first kappa shape index (κ1) is 22.5. The van der Waals surface area contributed by atoms with Crippen LogP contribution >= 0.6 is 11.6 Å². The number of hydrogen-bond donors (Lipinski definition) is 1. The highest BCUT2D eigenvalue weighted by molar-refractivity contribution is 7.90. The number of benzene rings is 2. The predicted molar refractivity (Wildman–Crippen MR) is 128 cm³/mol. The minimum Gasteiger partial charge on any atom is -0.507 e. The summed E-state index contributed by atoms with van der Waals surface area (Å²) < 4.78 is 29.8. The predicted octanol–water partition coefficient (Wildman–Crippen LogP) is 5.88. The van der Waals surface area contributed by atoms with E-state index in [2.05, 4.69) is 0 Å². The zero-order chi connectivity index (χ0) is 23.5. The summed E-state index contributed by atoms with van der Waals surface area (Å²) in [6, 6.07) is 10.1. The molecule has 7 heteroatoms. The van der Waals surface area contributed by atoms with E-state index in [9.17, 15) is 18.3 Å². The van der Waals surface area contributed by atoms with E-state index in [-0.39, 0.29) is 16.2 Å². The van der Waals surface area contributed by atoms with E-state index in [1.54, 1.807) is 30.3 Å². The molecule has 1 aliphatic heterocycles. The van der Waals surface area contributed by atoms with Crippen LogP contribution in [0.4, 0.5) is 0 Å². The third kappa shape index (κ3) is 3.77. The topological polar surface area (TPSA) is 80.7 Å². The summed E-state index contributed by atoms with van der Waals surface area (Å²) >= 11 is 6.62. The Labute approximate surface area is 199 Å². The van der Waals surface area contributed by atoms with Gasteiger partial charge in [0.05, 0.1) is 4.90 Å². The van der Waals surface area contributed by atoms with Gasteiger partial charge in [-0.2, -0.15) is 0 Å². The van der Waals surface area contributed by atoms with Crippen LogP contribution in [-0.2, 0) is 19.4 Å². The average molecular weight is 487 g/mol. The van der Waals surface area contributed by atoms with E-state index in [0.717, 1.165) is 24.7 Å². The highest BCUT2D eigenvalue weighted by Crippen LogP contribution is 2.53. The summed E-state index contributed by atoms with van der Waals surface area (Å²) in [5.74, 6) is 0.686. The number of aliphatic hydroxyl groups is 1. The van der Waals surface area contributed by atoms with Gasteiger partial charge in [-0.1, -0.05) is 43.0 Å². The van der Waals surface area contributed by atoms with Crippen LogP contribution in [0.15, 0.2) is 47.1 Å². The van der Waals surface area contributed by atoms with Crippen molar-refractivity contribution in [3.05, 3.63) is 58.3 Å². The number of hydrogen-bond acceptors (Lipinski definition) is 5. The molecule has 174 valence electrons. The molecule has 2 aliphatic carbocycles. The molecule has 5 rings (SSSR count). The van der Waals surface area contributed by atoms with Gasteiger partial charge in [0.25, 0.3) is 0 Å². The molecule has 5 nitrogen and oxygen atoms in total. The van der Waals surface area contributed by atoms with Crippen molar-refractivity contribution in [3.63, 3.8) is 0 Å². The van der Waals surface area contributed by atoms with E-state index in [1.165, 1.54) is 12.8 Å². The normalized spacial score (nSPS) is 27.2. The minimum atomic E-state index is -3.36. The molecule has 2 fully saturated rings. The fourth-order valence-corrected chi connectivity index (χ4v) is 6.86. The SMILES string of the molecule is Cc1cc(-c2cccc(S(C)(=O)=O)c2)c(Cl)cc1C1=C(O)C2(CCC3CCCC3C2)OC1=O. The number of carbonyl (C=O) groups excluding carboxylic acids is 1. The maximum absolute atomic E-state index is 13.0. The average Bonchev–Trinajstić information content (AvgIpc) is 3.31. The number of rotatable bonds is 3. The van der Waals surface area contributed by atoms with Crippen molar-refractivity contribution in [2.24, 2.45) is 11.8 Å². The second-order valence-corrected chi connectivity index (χ2v) is 12.2. The van der Waals surface area contributed by atoms with E-state index in [1.807, 2.05) is 13.0 Å². The smallest absolute Gasteiger partial charge is 0.343 e. The molecular weight excluding hydrogens is 460 g/mol. The van der Waals surface area contributed by atoms with Crippen molar-refractivity contribution in [1.29, 1.82) is 0 Å². The van der Waals surface area contributed by atoms with Crippen LogP contribution in [0.2, 0.25) is 5.02 Å². The molecule has 3 atom stereocenters. The van der Waals surface area contributed by atoms with E-state index in [0.29, 0.717) is 46.4 Å². The van der Waals surface area contributed by atoms with Gasteiger partial charge in [0.2, 0.25) is 0 Å². The van der Waals surface area contributed by atoms with Crippen molar-refractivity contribution in [2.75, 3.05) is 6.26 Å². The second kappa shape index (κ2) is 7.88. The molecule has 3 aliphatic rings. The molecule has 0 aromatic heterocycles. The van der Waals surface area contributed by atoms with Gasteiger partial charge in [-0.3, -0.25) is 0 Å². The maximum Gasteiger partial charge on any atom is 0.343 e. The number of sulfone groups is 1. The fraction of sp³-hybridized carbons (Fsp3) is 0.423. The Morgan fingerprint density at radius 1 is 1.09 bits per heavy atom. The van der Waals surface area contributed by atoms with Crippen LogP contribution in [0.3, 0.4) is 0 Å². The van der Waals surface area contributed by atoms with Crippen LogP contribution in [0.5, 0.6) is 0 Å². The fourth-order valence-electron chi connectivity index (χ4n) is 5.92. The Morgan fingerprint density at radius 3 is 2.61 bits per heavy atom. The van der Waals surface area contributed by atoms with Crippen molar-refractivity contribution in [2.45, 2.75) is 55.9 Å². The van der Waals surface area contributed by atoms with Crippen molar-refractivity contribution in [3.8, 4) is 11.1 Å². The quantitative estimate of drug-likeness (QED) is 0.547. The zero-order valence-corrected chi connectivity index (χ0v) is 20.3. The lowest BCUT2D eigenvalue weighted by Gasteiger charge is -2.38. The lowest BCUT2D eigenvalue weighted by atomic mass is 9.72. The van der Waals surface area contributed by atoms with Crippen molar-refractivity contribution in [1.82, 2.24) is 0 Å². The van der Waals surface area contributed by atoms with Crippen molar-refractivity contribution < 1.29 is 23.1 Å². The molecule has 0 saturated heterocycles. The van der Waals surface area contributed by atoms with Crippen LogP contribution in [0, 0.1) is 18.8 Å². The lowest BCUT2D eigenvalue weighted by molar-refractivity contribution is -0.152. The molecule has 1 spiro atoms. The molecule has 0 bridgehead atoms. The largest absolute Gasteiger partial charge is 0.507 e. The lowest BCUT2D eigenvalue weighted by Crippen LogP contribution is -2.40. The molecule has 1 N–H and O–H groups in total. The van der Waals surface area contributed by atoms with Crippen LogP contribution in [-0.4, -0.2) is 31.4 Å². The molecule has 0 amide bonds. The number of carbonyl (C=O) groups is 1. The molecule has 1 heterocycles. The van der Waals surface area contributed by atoms with Gasteiger partial charge in [0, 0.05) is 16.8 Å². The van der Waals surface area contributed by atoms with Gasteiger partial charge >= 0.3 is 5.97 Å². The zero-order valence-electron chi connectivity index (χ0n) is 18.7. The second-order valence-electron chi connectivity index (χ2n) is 9.75. The number of fused-ring (bicyclic) bond motifs is 1. The molecule has 2 aromatic carbocycles. The first-order valence-corrected chi connectivity index (χ1v) is 13.6. The van der Waals surface area contributed by atoms with E-state index in [4.69, 9.17) is 16.3 Å². The standard InChI is InChI=1S/C26H27ClO5S/c1-15-11-21(17-6-4-8-19(12-17)33(2,30)31)22(27)13-20(15)23-24(28)26(32-25(23)29)10-9-16-5-3-7-18(16)14-26/h4,6,8,11-13,16,18,28H,3,5,7,9-10,14H2,1-2H3. The molecule has 2 aromatic rings. The van der Waals surface area contributed by atoms with Crippen LogP contribution in [0.25, 0.3) is 16.7 Å². The summed E-state index contributed by atoms with van der Waals surface area (Å²) in [4.78, 5) is 13.2. The third-order valence-corrected chi connectivity index (χ3v) is 9.07. The van der Waals surface area contributed by atoms with Gasteiger partial charge in [0.1, 0.15) is 5.57 Å². The van der Waals surface area contributed by atoms with Crippen LogP contribution < -0.4 is 0 Å². The van der Waals surface area contributed by atoms with Crippen LogP contribution in [0.1, 0.15) is 49.7 Å². The summed E-state index contributed by atoms with van der Waals surface area (Å²) in [6.07, 6.45) is 7.01. The first-order chi connectivity index (χ1) is 15.6. The molecule has 3 unspecified atom stereocenters. The maximum atomic E-state index is 13.0. The number of halogens is 1. The van der Waals surface area contributed by atoms with Crippen molar-refractivity contribution >= 4 is 33.0 Å². The summed E-state index contributed by atoms with van der Waals surface area (Å²) in [5, 5.41) is 11.6. The summed E-state index contributed by atoms with van der Waals surface area (Å²) in [6.45, 7) is 1.85. The Morgan fingerprint density at radius 2 is 1.85 bits per heavy atom. The first-order valence-electron chi connectivity index (χ1n) is 11.4. The molecule has 0 radical (unpaired) electrons. The number of aliphatic hydroxyl groups excluding tert-OH is 1. The van der Waals surface area contributed by atoms with Gasteiger partial charge in [-0.25, -0.2) is 13.2 Å². The highest BCUT2D eigenvalue weighted by atomic mass is 35.5. The number of aryl methyl sites for hydroxylation is 1. The molecule has 33 heavy (non-hydrogen) atoms. The Hall–Kier alpha value is -2.31. The highest BCUT2D eigenvalue weighted by Gasteiger charge is 2.53. The van der Waals surface area contributed by atoms with Gasteiger partial charge < -0.3 is 9.84 Å². The minimum absolute atomic E-state index is 0.0313. The van der Waals surface area contributed by atoms with E-state index >= 15 is 0 Å². The Bertz CT molecular complexity index is 1300. The monoisotopic (exact) mass is 486 g/mol. The summed E-state index contributed by atoms with van der Waals surface area (Å²) in [5.41, 5.74) is 1.92. The number of ether oxygens (including phenoxy) is 1. The molecule has 2 saturated carbocycles. The Balaban J connectivity index is 1.55.